The maximum absolute atomic E-state index is 14.4. The van der Waals surface area contributed by atoms with Gasteiger partial charge < -0.3 is 20.7 Å². The number of benzene rings is 1. The van der Waals surface area contributed by atoms with Crippen LogP contribution in [0.2, 0.25) is 0 Å². The zero-order chi connectivity index (χ0) is 21.1. The van der Waals surface area contributed by atoms with Gasteiger partial charge in [-0.1, -0.05) is 0 Å². The van der Waals surface area contributed by atoms with Crippen LogP contribution >= 0.6 is 0 Å². The zero-order valence-electron chi connectivity index (χ0n) is 14.8. The first kappa shape index (κ1) is 21.6. The van der Waals surface area contributed by atoms with E-state index >= 15 is 0 Å². The number of carbonyl (C=O) groups is 3. The fourth-order valence-corrected chi connectivity index (χ4v) is 2.71. The smallest absolute Gasteiger partial charge is 0.370 e. The number of rotatable bonds is 6. The quantitative estimate of drug-likeness (QED) is 0.528. The number of anilines is 2. The maximum Gasteiger partial charge on any atom is 0.401 e. The van der Waals surface area contributed by atoms with Crippen molar-refractivity contribution in [2.75, 3.05) is 43.6 Å². The van der Waals surface area contributed by atoms with Crippen molar-refractivity contribution >= 4 is 29.1 Å². The van der Waals surface area contributed by atoms with Gasteiger partial charge in [-0.2, -0.15) is 13.2 Å². The Labute approximate surface area is 157 Å². The van der Waals surface area contributed by atoms with Gasteiger partial charge in [0.2, 0.25) is 5.91 Å². The molecule has 1 aromatic carbocycles. The highest BCUT2D eigenvalue weighted by atomic mass is 19.4. The highest BCUT2D eigenvalue weighted by molar-refractivity contribution is 6.09. The highest BCUT2D eigenvalue weighted by Gasteiger charge is 2.37. The topological polar surface area (TPSA) is 105 Å². The van der Waals surface area contributed by atoms with Crippen LogP contribution in [0.3, 0.4) is 0 Å². The Morgan fingerprint density at radius 3 is 2.61 bits per heavy atom. The molecule has 0 aliphatic carbocycles. The molecule has 3 amide bonds. The van der Waals surface area contributed by atoms with Crippen LogP contribution in [0.25, 0.3) is 0 Å². The predicted molar refractivity (Wildman–Crippen MR) is 89.9 cm³/mol. The largest absolute Gasteiger partial charge is 0.401 e. The number of likely N-dealkylation sites (N-methyl/N-ethyl adjacent to an activating group) is 1. The third kappa shape index (κ3) is 5.39. The van der Waals surface area contributed by atoms with Crippen molar-refractivity contribution in [1.82, 2.24) is 4.90 Å². The van der Waals surface area contributed by atoms with Crippen molar-refractivity contribution in [2.24, 2.45) is 5.73 Å². The van der Waals surface area contributed by atoms with Crippen molar-refractivity contribution in [3.05, 3.63) is 24.0 Å². The van der Waals surface area contributed by atoms with E-state index in [4.69, 9.17) is 10.5 Å². The number of hydrogen-bond acceptors (Lipinski definition) is 5. The number of primary amides is 1. The zero-order valence-corrected chi connectivity index (χ0v) is 14.8. The fraction of sp³-hybridized carbons (Fsp3) is 0.438. The first-order valence-corrected chi connectivity index (χ1v) is 8.04. The summed E-state index contributed by atoms with van der Waals surface area (Å²) >= 11 is 0. The molecule has 1 aliphatic heterocycles. The Morgan fingerprint density at radius 2 is 2.07 bits per heavy atom. The summed E-state index contributed by atoms with van der Waals surface area (Å²) in [5.74, 6) is -3.72. The van der Waals surface area contributed by atoms with Crippen LogP contribution in [0.4, 0.5) is 28.9 Å². The van der Waals surface area contributed by atoms with Crippen LogP contribution in [0.15, 0.2) is 18.2 Å². The molecular weight excluding hydrogens is 388 g/mol. The molecule has 8 nitrogen and oxygen atoms in total. The lowest BCUT2D eigenvalue weighted by atomic mass is 10.2. The minimum absolute atomic E-state index is 0.0352. The minimum Gasteiger partial charge on any atom is -0.370 e. The van der Waals surface area contributed by atoms with Gasteiger partial charge in [-0.05, 0) is 25.2 Å². The van der Waals surface area contributed by atoms with Gasteiger partial charge in [-0.25, -0.2) is 4.39 Å². The molecule has 0 unspecified atom stereocenters. The summed E-state index contributed by atoms with van der Waals surface area (Å²) in [5, 5.41) is 2.16. The molecule has 0 bridgehead atoms. The molecular formula is C16H18F4N4O4. The molecule has 0 saturated carbocycles. The molecule has 2 rings (SSSR count). The van der Waals surface area contributed by atoms with Crippen LogP contribution in [0.5, 0.6) is 0 Å². The van der Waals surface area contributed by atoms with E-state index in [2.05, 4.69) is 5.32 Å². The number of halogens is 4. The summed E-state index contributed by atoms with van der Waals surface area (Å²) in [4.78, 5) is 37.0. The lowest BCUT2D eigenvalue weighted by molar-refractivity contribution is -0.154. The maximum atomic E-state index is 14.4. The van der Waals surface area contributed by atoms with Crippen molar-refractivity contribution in [2.45, 2.75) is 12.2 Å². The van der Waals surface area contributed by atoms with E-state index in [0.29, 0.717) is 4.90 Å². The molecule has 1 aromatic rings. The van der Waals surface area contributed by atoms with Crippen LogP contribution < -0.4 is 16.0 Å². The highest BCUT2D eigenvalue weighted by Crippen LogP contribution is 2.24. The second-order valence-corrected chi connectivity index (χ2v) is 6.09. The lowest BCUT2D eigenvalue weighted by Gasteiger charge is -2.27. The summed E-state index contributed by atoms with van der Waals surface area (Å²) < 4.78 is 56.8. The van der Waals surface area contributed by atoms with Crippen molar-refractivity contribution in [3.8, 4) is 0 Å². The SMILES string of the molecule is CN(CC(F)(F)F)[C@@H](C(N)=O)C(=O)Nc1ccc(N2CCOCC2=O)c(F)c1. The second kappa shape index (κ2) is 8.52. The van der Waals surface area contributed by atoms with Gasteiger partial charge in [0.15, 0.2) is 6.04 Å². The third-order valence-corrected chi connectivity index (χ3v) is 3.88. The number of amides is 3. The Bertz CT molecular complexity index is 772. The number of morpholine rings is 1. The molecule has 12 heteroatoms. The van der Waals surface area contributed by atoms with Crippen molar-refractivity contribution < 1.29 is 36.7 Å². The predicted octanol–water partition coefficient (Wildman–Crippen LogP) is 0.475. The van der Waals surface area contributed by atoms with E-state index in [1.165, 1.54) is 17.0 Å². The molecule has 1 heterocycles. The van der Waals surface area contributed by atoms with Gasteiger partial charge in [-0.15, -0.1) is 0 Å². The van der Waals surface area contributed by atoms with E-state index < -0.39 is 42.3 Å². The Hall–Kier alpha value is -2.73. The molecule has 3 N–H and O–H groups in total. The van der Waals surface area contributed by atoms with Crippen LogP contribution in [-0.4, -0.2) is 68.2 Å². The molecule has 1 atom stereocenters. The summed E-state index contributed by atoms with van der Waals surface area (Å²) in [6, 6.07) is 1.45. The molecule has 1 aliphatic rings. The monoisotopic (exact) mass is 406 g/mol. The summed E-state index contributed by atoms with van der Waals surface area (Å²) in [5.41, 5.74) is 4.89. The van der Waals surface area contributed by atoms with E-state index in [-0.39, 0.29) is 31.1 Å². The molecule has 154 valence electrons. The van der Waals surface area contributed by atoms with Gasteiger partial charge in [-0.3, -0.25) is 19.3 Å². The molecule has 0 spiro atoms. The minimum atomic E-state index is -4.65. The molecule has 28 heavy (non-hydrogen) atoms. The van der Waals surface area contributed by atoms with Crippen LogP contribution in [0, 0.1) is 5.82 Å². The molecule has 0 aromatic heterocycles. The van der Waals surface area contributed by atoms with E-state index in [0.717, 1.165) is 13.1 Å². The van der Waals surface area contributed by atoms with Crippen molar-refractivity contribution in [1.29, 1.82) is 0 Å². The number of alkyl halides is 3. The van der Waals surface area contributed by atoms with Gasteiger partial charge >= 0.3 is 6.18 Å². The van der Waals surface area contributed by atoms with E-state index in [9.17, 15) is 31.9 Å². The molecule has 1 saturated heterocycles. The number of hydrogen-bond donors (Lipinski definition) is 2. The number of nitrogens with two attached hydrogens (primary N) is 1. The molecule has 0 radical (unpaired) electrons. The number of carbonyl (C=O) groups excluding carboxylic acids is 3. The molecule has 1 fully saturated rings. The lowest BCUT2D eigenvalue weighted by Crippen LogP contribution is -2.52. The van der Waals surface area contributed by atoms with E-state index in [1.54, 1.807) is 0 Å². The summed E-state index contributed by atoms with van der Waals surface area (Å²) in [6.07, 6.45) is -4.65. The Balaban J connectivity index is 2.15. The van der Waals surface area contributed by atoms with Crippen LogP contribution in [-0.2, 0) is 19.1 Å². The first-order chi connectivity index (χ1) is 13.0. The normalized spacial score (nSPS) is 16.2. The summed E-state index contributed by atoms with van der Waals surface area (Å²) in [7, 11) is 0.913. The first-order valence-electron chi connectivity index (χ1n) is 8.04. The number of ether oxygens (including phenoxy) is 1. The van der Waals surface area contributed by atoms with E-state index in [1.807, 2.05) is 0 Å². The average Bonchev–Trinajstić information content (AvgIpc) is 2.54. The van der Waals surface area contributed by atoms with Gasteiger partial charge in [0.1, 0.15) is 12.4 Å². The van der Waals surface area contributed by atoms with Crippen LogP contribution in [0.1, 0.15) is 0 Å². The number of nitrogens with one attached hydrogen (secondary N) is 1. The standard InChI is InChI=1S/C16H18F4N4O4/c1-23(8-16(18,19)20)13(14(21)26)15(27)22-9-2-3-11(10(17)6-9)24-4-5-28-7-12(24)25/h2-3,6,13H,4-5,7-8H2,1H3,(H2,21,26)(H,22,27)/t13-/m0/s1. The average molecular weight is 406 g/mol. The third-order valence-electron chi connectivity index (χ3n) is 3.88. The Kier molecular flexibility index (Phi) is 6.56. The van der Waals surface area contributed by atoms with Gasteiger partial charge in [0.05, 0.1) is 18.8 Å². The van der Waals surface area contributed by atoms with Gasteiger partial charge in [0.25, 0.3) is 11.8 Å². The van der Waals surface area contributed by atoms with Crippen molar-refractivity contribution in [3.63, 3.8) is 0 Å². The Morgan fingerprint density at radius 1 is 1.39 bits per heavy atom. The summed E-state index contributed by atoms with van der Waals surface area (Å²) in [6.45, 7) is -1.35. The second-order valence-electron chi connectivity index (χ2n) is 6.09. The van der Waals surface area contributed by atoms with Gasteiger partial charge in [0, 0.05) is 12.2 Å². The fourth-order valence-electron chi connectivity index (χ4n) is 2.71. The number of nitrogens with zero attached hydrogens (tertiary/aromatic N) is 2.